The van der Waals surface area contributed by atoms with Crippen molar-refractivity contribution in [1.82, 2.24) is 10.3 Å². The van der Waals surface area contributed by atoms with Crippen LogP contribution < -0.4 is 19.5 Å². The van der Waals surface area contributed by atoms with Crippen molar-refractivity contribution >= 4 is 29.3 Å². The van der Waals surface area contributed by atoms with Crippen LogP contribution in [0.1, 0.15) is 34.6 Å². The molecule has 2 N–H and O–H groups in total. The number of methoxy groups -OCH3 is 1. The van der Waals surface area contributed by atoms with Crippen LogP contribution in [0.4, 0.5) is 4.79 Å². The average Bonchev–Trinajstić information content (AvgIpc) is 3.01. The summed E-state index contributed by atoms with van der Waals surface area (Å²) in [4.78, 5) is 15.8. The van der Waals surface area contributed by atoms with Gasteiger partial charge in [0.1, 0.15) is 19.0 Å². The van der Waals surface area contributed by atoms with E-state index in [1.54, 1.807) is 25.4 Å². The fourth-order valence-electron chi connectivity index (χ4n) is 5.04. The number of hydrogen-bond acceptors (Lipinski definition) is 6. The summed E-state index contributed by atoms with van der Waals surface area (Å²) in [6.45, 7) is 5.95. The molecular formula is C35H38Cl2N2O6. The molecule has 0 aliphatic carbocycles. The van der Waals surface area contributed by atoms with E-state index in [1.165, 1.54) is 0 Å². The SMILES string of the molecule is COCCCOc1ncccc1-c1ccc(C(CNC(=O)O)Cc2ccc(OCCOc3c(Cl)cc(C)cc3Cl)cc2)c(C)c1. The lowest BCUT2D eigenvalue weighted by Crippen LogP contribution is -2.28. The zero-order chi connectivity index (χ0) is 32.2. The van der Waals surface area contributed by atoms with Gasteiger partial charge in [-0.3, -0.25) is 0 Å². The summed E-state index contributed by atoms with van der Waals surface area (Å²) < 4.78 is 22.6. The number of carboxylic acid groups (broad SMARTS) is 1. The first-order valence-corrected chi connectivity index (χ1v) is 15.5. The maximum Gasteiger partial charge on any atom is 0.404 e. The number of carbonyl (C=O) groups is 1. The van der Waals surface area contributed by atoms with Gasteiger partial charge in [-0.2, -0.15) is 0 Å². The van der Waals surface area contributed by atoms with E-state index in [0.717, 1.165) is 39.8 Å². The van der Waals surface area contributed by atoms with E-state index in [1.807, 2.05) is 56.3 Å². The van der Waals surface area contributed by atoms with Crippen LogP contribution in [0.5, 0.6) is 17.4 Å². The summed E-state index contributed by atoms with van der Waals surface area (Å²) in [6, 6.07) is 21.4. The van der Waals surface area contributed by atoms with Crippen LogP contribution in [0, 0.1) is 13.8 Å². The Morgan fingerprint density at radius 1 is 0.911 bits per heavy atom. The van der Waals surface area contributed by atoms with Gasteiger partial charge in [-0.15, -0.1) is 0 Å². The Morgan fingerprint density at radius 3 is 2.33 bits per heavy atom. The minimum Gasteiger partial charge on any atom is -0.490 e. The van der Waals surface area contributed by atoms with Crippen molar-refractivity contribution in [2.75, 3.05) is 40.1 Å². The summed E-state index contributed by atoms with van der Waals surface area (Å²) in [6.07, 6.45) is 2.06. The van der Waals surface area contributed by atoms with Gasteiger partial charge in [-0.25, -0.2) is 9.78 Å². The summed E-state index contributed by atoms with van der Waals surface area (Å²) in [5, 5.41) is 12.8. The van der Waals surface area contributed by atoms with Crippen molar-refractivity contribution in [1.29, 1.82) is 0 Å². The number of benzene rings is 3. The van der Waals surface area contributed by atoms with E-state index >= 15 is 0 Å². The molecule has 0 saturated heterocycles. The molecule has 0 radical (unpaired) electrons. The lowest BCUT2D eigenvalue weighted by molar-refractivity contribution is 0.171. The van der Waals surface area contributed by atoms with Gasteiger partial charge in [0.25, 0.3) is 0 Å². The van der Waals surface area contributed by atoms with E-state index in [9.17, 15) is 9.90 Å². The van der Waals surface area contributed by atoms with Gasteiger partial charge >= 0.3 is 6.09 Å². The van der Waals surface area contributed by atoms with Gasteiger partial charge in [-0.05, 0) is 84.5 Å². The molecule has 0 aliphatic heterocycles. The first kappa shape index (κ1) is 33.9. The number of ether oxygens (including phenoxy) is 4. The molecule has 45 heavy (non-hydrogen) atoms. The van der Waals surface area contributed by atoms with Crippen molar-refractivity contribution in [3.05, 3.63) is 105 Å². The van der Waals surface area contributed by atoms with Gasteiger partial charge in [0.15, 0.2) is 5.75 Å². The number of hydrogen-bond donors (Lipinski definition) is 2. The molecular weight excluding hydrogens is 615 g/mol. The molecule has 3 aromatic carbocycles. The average molecular weight is 654 g/mol. The fraction of sp³-hybridized carbons (Fsp3) is 0.314. The highest BCUT2D eigenvalue weighted by Crippen LogP contribution is 2.34. The summed E-state index contributed by atoms with van der Waals surface area (Å²) in [5.41, 5.74) is 6.00. The number of halogens is 2. The van der Waals surface area contributed by atoms with E-state index in [4.69, 9.17) is 42.1 Å². The maximum atomic E-state index is 11.4. The second-order valence-electron chi connectivity index (χ2n) is 10.6. The molecule has 238 valence electrons. The highest BCUT2D eigenvalue weighted by atomic mass is 35.5. The molecule has 4 rings (SSSR count). The molecule has 10 heteroatoms. The number of amides is 1. The minimum atomic E-state index is -1.06. The van der Waals surface area contributed by atoms with E-state index in [-0.39, 0.29) is 19.1 Å². The van der Waals surface area contributed by atoms with Crippen LogP contribution in [0.25, 0.3) is 11.1 Å². The quantitative estimate of drug-likeness (QED) is 0.118. The van der Waals surface area contributed by atoms with Gasteiger partial charge in [-0.1, -0.05) is 53.5 Å². The van der Waals surface area contributed by atoms with Crippen molar-refractivity contribution in [3.63, 3.8) is 0 Å². The van der Waals surface area contributed by atoms with Crippen molar-refractivity contribution in [2.45, 2.75) is 32.6 Å². The first-order chi connectivity index (χ1) is 21.7. The lowest BCUT2D eigenvalue weighted by atomic mass is 9.87. The molecule has 4 aromatic rings. The Labute approximate surface area is 274 Å². The largest absolute Gasteiger partial charge is 0.490 e. The lowest BCUT2D eigenvalue weighted by Gasteiger charge is -2.21. The highest BCUT2D eigenvalue weighted by Gasteiger charge is 2.18. The van der Waals surface area contributed by atoms with Gasteiger partial charge < -0.3 is 29.4 Å². The number of rotatable bonds is 16. The van der Waals surface area contributed by atoms with Crippen LogP contribution in [0.2, 0.25) is 10.0 Å². The van der Waals surface area contributed by atoms with Crippen LogP contribution in [-0.2, 0) is 11.2 Å². The van der Waals surface area contributed by atoms with Gasteiger partial charge in [0, 0.05) is 44.4 Å². The molecule has 8 nitrogen and oxygen atoms in total. The summed E-state index contributed by atoms with van der Waals surface area (Å²) in [5.74, 6) is 1.62. The summed E-state index contributed by atoms with van der Waals surface area (Å²) in [7, 11) is 1.67. The van der Waals surface area contributed by atoms with E-state index in [0.29, 0.717) is 53.7 Å². The Hall–Kier alpha value is -3.98. The second-order valence-corrected chi connectivity index (χ2v) is 11.4. The molecule has 0 saturated carbocycles. The number of pyridine rings is 1. The standard InChI is InChI=1S/C35H38Cl2N2O6/c1-23-18-31(36)33(32(37)19-23)44-17-16-43-28-10-7-25(8-11-28)21-27(22-39-35(40)41)29-12-9-26(20-24(29)2)30-6-4-13-38-34(30)45-15-5-14-42-3/h4,6-13,18-20,27,39H,5,14-17,21-22H2,1-3H3,(H,40,41). The van der Waals surface area contributed by atoms with Gasteiger partial charge in [0.05, 0.1) is 16.7 Å². The number of aryl methyl sites for hydroxylation is 2. The first-order valence-electron chi connectivity index (χ1n) is 14.7. The summed E-state index contributed by atoms with van der Waals surface area (Å²) >= 11 is 12.5. The van der Waals surface area contributed by atoms with Crippen LogP contribution in [-0.4, -0.2) is 56.3 Å². The monoisotopic (exact) mass is 652 g/mol. The van der Waals surface area contributed by atoms with Crippen LogP contribution in [0.3, 0.4) is 0 Å². The smallest absolute Gasteiger partial charge is 0.404 e. The number of nitrogens with one attached hydrogen (secondary N) is 1. The molecule has 1 unspecified atom stereocenters. The van der Waals surface area contributed by atoms with Crippen molar-refractivity contribution in [2.24, 2.45) is 0 Å². The molecule has 1 aromatic heterocycles. The topological polar surface area (TPSA) is 99.1 Å². The van der Waals surface area contributed by atoms with Crippen molar-refractivity contribution in [3.8, 4) is 28.5 Å². The molecule has 1 heterocycles. The predicted octanol–water partition coefficient (Wildman–Crippen LogP) is 8.14. The number of nitrogens with zero attached hydrogens (tertiary/aromatic N) is 1. The van der Waals surface area contributed by atoms with Gasteiger partial charge in [0.2, 0.25) is 5.88 Å². The molecule has 0 fully saturated rings. The zero-order valence-corrected chi connectivity index (χ0v) is 27.2. The Kier molecular flexibility index (Phi) is 12.7. The minimum absolute atomic E-state index is 0.0852. The zero-order valence-electron chi connectivity index (χ0n) is 25.6. The normalized spacial score (nSPS) is 11.6. The molecule has 0 bridgehead atoms. The molecule has 1 atom stereocenters. The Morgan fingerprint density at radius 2 is 1.64 bits per heavy atom. The maximum absolute atomic E-state index is 11.4. The second kappa shape index (κ2) is 16.9. The number of aromatic nitrogens is 1. The van der Waals surface area contributed by atoms with E-state index in [2.05, 4.69) is 22.4 Å². The highest BCUT2D eigenvalue weighted by molar-refractivity contribution is 6.37. The van der Waals surface area contributed by atoms with Crippen LogP contribution >= 0.6 is 23.2 Å². The third kappa shape index (κ3) is 10.0. The third-order valence-electron chi connectivity index (χ3n) is 7.17. The predicted molar refractivity (Wildman–Crippen MR) is 178 cm³/mol. The Bertz CT molecular complexity index is 1540. The molecule has 0 spiro atoms. The van der Waals surface area contributed by atoms with Crippen LogP contribution in [0.15, 0.2) is 72.9 Å². The molecule has 0 aliphatic rings. The third-order valence-corrected chi connectivity index (χ3v) is 7.73. The van der Waals surface area contributed by atoms with E-state index < -0.39 is 6.09 Å². The fourth-order valence-corrected chi connectivity index (χ4v) is 5.74. The Balaban J connectivity index is 1.41. The molecule has 1 amide bonds. The van der Waals surface area contributed by atoms with Crippen molar-refractivity contribution < 1.29 is 28.8 Å².